The molecule has 4 rings (SSSR count). The lowest BCUT2D eigenvalue weighted by atomic mass is 9.96. The Balaban J connectivity index is 1.69. The van der Waals surface area contributed by atoms with E-state index in [4.69, 9.17) is 4.98 Å². The summed E-state index contributed by atoms with van der Waals surface area (Å²) in [7, 11) is 0. The molecule has 0 bridgehead atoms. The highest BCUT2D eigenvalue weighted by Gasteiger charge is 2.24. The van der Waals surface area contributed by atoms with Gasteiger partial charge in [-0.2, -0.15) is 0 Å². The van der Waals surface area contributed by atoms with Gasteiger partial charge >= 0.3 is 0 Å². The highest BCUT2D eigenvalue weighted by molar-refractivity contribution is 5.82. The maximum absolute atomic E-state index is 13.7. The first-order valence-corrected chi connectivity index (χ1v) is 11.9. The molecule has 0 spiro atoms. The van der Waals surface area contributed by atoms with Gasteiger partial charge in [-0.25, -0.2) is 4.98 Å². The van der Waals surface area contributed by atoms with Gasteiger partial charge in [-0.1, -0.05) is 62.4 Å². The molecule has 0 radical (unpaired) electrons. The minimum atomic E-state index is 0.0929. The lowest BCUT2D eigenvalue weighted by Gasteiger charge is -2.36. The van der Waals surface area contributed by atoms with Crippen LogP contribution in [0.5, 0.6) is 0 Å². The molecule has 1 saturated heterocycles. The average Bonchev–Trinajstić information content (AvgIpc) is 2.80. The summed E-state index contributed by atoms with van der Waals surface area (Å²) in [6.07, 6.45) is 6.52. The van der Waals surface area contributed by atoms with Crippen molar-refractivity contribution in [3.63, 3.8) is 0 Å². The van der Waals surface area contributed by atoms with E-state index in [2.05, 4.69) is 56.9 Å². The number of hydrogen-bond acceptors (Lipinski definition) is 3. The topological polar surface area (TPSA) is 38.1 Å². The summed E-state index contributed by atoms with van der Waals surface area (Å²) in [5.74, 6) is 1.59. The molecule has 0 aliphatic carbocycles. The van der Waals surface area contributed by atoms with E-state index in [9.17, 15) is 4.79 Å². The van der Waals surface area contributed by atoms with Crippen molar-refractivity contribution in [2.24, 2.45) is 5.92 Å². The number of piperidine rings is 1. The largest absolute Gasteiger partial charge is 0.301 e. The van der Waals surface area contributed by atoms with Gasteiger partial charge in [-0.15, -0.1) is 0 Å². The van der Waals surface area contributed by atoms with Gasteiger partial charge in [-0.3, -0.25) is 9.36 Å². The molecule has 4 nitrogen and oxygen atoms in total. The lowest BCUT2D eigenvalue weighted by Crippen LogP contribution is -2.42. The number of aromatic nitrogens is 2. The first-order valence-electron chi connectivity index (χ1n) is 11.9. The molecule has 0 unspecified atom stereocenters. The average molecular weight is 430 g/mol. The number of hydrogen-bond donors (Lipinski definition) is 0. The van der Waals surface area contributed by atoms with Crippen LogP contribution in [-0.4, -0.2) is 33.6 Å². The second kappa shape index (κ2) is 9.83. The van der Waals surface area contributed by atoms with Crippen molar-refractivity contribution in [1.82, 2.24) is 14.5 Å². The molecule has 1 aliphatic rings. The Morgan fingerprint density at radius 1 is 1.03 bits per heavy atom. The smallest absolute Gasteiger partial charge is 0.261 e. The molecule has 4 heteroatoms. The summed E-state index contributed by atoms with van der Waals surface area (Å²) in [6.45, 7) is 11.7. The maximum atomic E-state index is 13.7. The Bertz CT molecular complexity index is 1140. The minimum Gasteiger partial charge on any atom is -0.301 e. The quantitative estimate of drug-likeness (QED) is 0.464. The molecule has 1 aromatic heterocycles. The molecular weight excluding hydrogens is 394 g/mol. The number of nitrogens with zero attached hydrogens (tertiary/aromatic N) is 3. The first kappa shape index (κ1) is 22.5. The number of fused-ring (bicyclic) bond motifs is 1. The predicted octanol–water partition coefficient (Wildman–Crippen LogP) is 5.81. The van der Waals surface area contributed by atoms with E-state index in [1.54, 1.807) is 0 Å². The second-order valence-electron chi connectivity index (χ2n) is 9.66. The Hall–Kier alpha value is -2.72. The summed E-state index contributed by atoms with van der Waals surface area (Å²) in [6, 6.07) is 16.8. The Morgan fingerprint density at radius 3 is 2.50 bits per heavy atom. The van der Waals surface area contributed by atoms with E-state index in [1.807, 2.05) is 41.0 Å². The molecule has 168 valence electrons. The Labute approximate surface area is 191 Å². The zero-order valence-corrected chi connectivity index (χ0v) is 19.8. The third-order valence-corrected chi connectivity index (χ3v) is 6.51. The molecule has 1 fully saturated rings. The molecule has 32 heavy (non-hydrogen) atoms. The van der Waals surface area contributed by atoms with Crippen LogP contribution in [0.1, 0.15) is 63.4 Å². The van der Waals surface area contributed by atoms with Crippen LogP contribution in [0.3, 0.4) is 0 Å². The fourth-order valence-corrected chi connectivity index (χ4v) is 4.71. The van der Waals surface area contributed by atoms with Crippen molar-refractivity contribution in [2.45, 2.75) is 59.0 Å². The van der Waals surface area contributed by atoms with Gasteiger partial charge < -0.3 is 4.90 Å². The van der Waals surface area contributed by atoms with Crippen LogP contribution >= 0.6 is 0 Å². The van der Waals surface area contributed by atoms with Crippen LogP contribution in [0, 0.1) is 5.92 Å². The Kier molecular flexibility index (Phi) is 6.90. The van der Waals surface area contributed by atoms with Gasteiger partial charge in [0, 0.05) is 25.0 Å². The molecule has 2 heterocycles. The highest BCUT2D eigenvalue weighted by Crippen LogP contribution is 2.23. The number of rotatable bonds is 6. The standard InChI is InChI=1S/C28H35N3O/c1-20(2)27-29-26-15-14-23(13-12-22-9-6-5-7-10-22)17-25(26)28(32)31(27)19-24-11-8-16-30(18-24)21(3)4/h5-7,9-10,12-15,17,20-21,24H,8,11,16,18-19H2,1-4H3/t24-/m0/s1. The van der Waals surface area contributed by atoms with Crippen LogP contribution in [0.15, 0.2) is 53.3 Å². The van der Waals surface area contributed by atoms with Gasteiger partial charge in [0.2, 0.25) is 0 Å². The molecule has 2 aromatic carbocycles. The summed E-state index contributed by atoms with van der Waals surface area (Å²) in [5.41, 5.74) is 3.05. The molecule has 3 aromatic rings. The van der Waals surface area contributed by atoms with Gasteiger partial charge in [0.1, 0.15) is 5.82 Å². The van der Waals surface area contributed by atoms with Crippen LogP contribution in [0.4, 0.5) is 0 Å². The van der Waals surface area contributed by atoms with Crippen molar-refractivity contribution in [3.05, 3.63) is 75.8 Å². The fourth-order valence-electron chi connectivity index (χ4n) is 4.71. The monoisotopic (exact) mass is 429 g/mol. The molecule has 1 atom stereocenters. The van der Waals surface area contributed by atoms with Crippen LogP contribution in [0.2, 0.25) is 0 Å². The van der Waals surface area contributed by atoms with Gasteiger partial charge in [-0.05, 0) is 62.4 Å². The number of likely N-dealkylation sites (tertiary alicyclic amines) is 1. The van der Waals surface area contributed by atoms with E-state index in [0.29, 0.717) is 17.3 Å². The van der Waals surface area contributed by atoms with E-state index >= 15 is 0 Å². The van der Waals surface area contributed by atoms with E-state index in [0.717, 1.165) is 42.1 Å². The fraction of sp³-hybridized carbons (Fsp3) is 0.429. The van der Waals surface area contributed by atoms with Crippen molar-refractivity contribution in [1.29, 1.82) is 0 Å². The summed E-state index contributed by atoms with van der Waals surface area (Å²) in [4.78, 5) is 21.1. The molecule has 0 saturated carbocycles. The lowest BCUT2D eigenvalue weighted by molar-refractivity contribution is 0.129. The number of benzene rings is 2. The molecule has 0 N–H and O–H groups in total. The van der Waals surface area contributed by atoms with Gasteiger partial charge in [0.25, 0.3) is 5.56 Å². The second-order valence-corrected chi connectivity index (χ2v) is 9.66. The van der Waals surface area contributed by atoms with Crippen LogP contribution in [-0.2, 0) is 6.54 Å². The predicted molar refractivity (Wildman–Crippen MR) is 135 cm³/mol. The maximum Gasteiger partial charge on any atom is 0.261 e. The zero-order chi connectivity index (χ0) is 22.7. The third-order valence-electron chi connectivity index (χ3n) is 6.51. The molecular formula is C28H35N3O. The van der Waals surface area contributed by atoms with E-state index in [1.165, 1.54) is 12.8 Å². The SMILES string of the molecule is CC(C)c1nc2ccc(C=Cc3ccccc3)cc2c(=O)n1C[C@H]1CCCN(C(C)C)C1. The first-order chi connectivity index (χ1) is 15.4. The van der Waals surface area contributed by atoms with Gasteiger partial charge in [0.05, 0.1) is 10.9 Å². The van der Waals surface area contributed by atoms with Crippen LogP contribution < -0.4 is 5.56 Å². The van der Waals surface area contributed by atoms with Crippen molar-refractivity contribution in [3.8, 4) is 0 Å². The van der Waals surface area contributed by atoms with Crippen molar-refractivity contribution < 1.29 is 0 Å². The molecule has 1 aliphatic heterocycles. The van der Waals surface area contributed by atoms with Crippen LogP contribution in [0.25, 0.3) is 23.1 Å². The molecule has 0 amide bonds. The van der Waals surface area contributed by atoms with E-state index in [-0.39, 0.29) is 11.5 Å². The van der Waals surface area contributed by atoms with Gasteiger partial charge in [0.15, 0.2) is 0 Å². The normalized spacial score (nSPS) is 17.8. The zero-order valence-electron chi connectivity index (χ0n) is 19.8. The van der Waals surface area contributed by atoms with Crippen molar-refractivity contribution >= 4 is 23.1 Å². The third kappa shape index (κ3) is 5.02. The minimum absolute atomic E-state index is 0.0929. The van der Waals surface area contributed by atoms with Crippen molar-refractivity contribution in [2.75, 3.05) is 13.1 Å². The Morgan fingerprint density at radius 2 is 1.78 bits per heavy atom. The summed E-state index contributed by atoms with van der Waals surface area (Å²) >= 11 is 0. The summed E-state index contributed by atoms with van der Waals surface area (Å²) < 4.78 is 1.96. The highest BCUT2D eigenvalue weighted by atomic mass is 16.1. The van der Waals surface area contributed by atoms with E-state index < -0.39 is 0 Å². The summed E-state index contributed by atoms with van der Waals surface area (Å²) in [5, 5.41) is 0.709.